The van der Waals surface area contributed by atoms with Crippen molar-refractivity contribution in [1.82, 2.24) is 34.9 Å². The fourth-order valence-corrected chi connectivity index (χ4v) is 5.37. The summed E-state index contributed by atoms with van der Waals surface area (Å²) in [5, 5.41) is 9.20. The molecular weight excluding hydrogens is 530 g/mol. The van der Waals surface area contributed by atoms with E-state index in [4.69, 9.17) is 4.74 Å². The summed E-state index contributed by atoms with van der Waals surface area (Å²) in [5.41, 5.74) is 3.13. The van der Waals surface area contributed by atoms with E-state index in [2.05, 4.69) is 30.1 Å². The van der Waals surface area contributed by atoms with Gasteiger partial charge >= 0.3 is 12.4 Å². The zero-order valence-electron chi connectivity index (χ0n) is 20.3. The molecule has 0 radical (unpaired) electrons. The first kappa shape index (κ1) is 25.5. The third kappa shape index (κ3) is 4.90. The normalized spacial score (nSPS) is 20.4. The standard InChI is InChI=1S/C24H22F6N8O/c25-23(26,27)20-34-21(24(28,29)30)36-22(35-20)37-8-5-15-16-11-14(38-31-6-7-32-38)3-4-17(16)33-19(15)18(37)10-13-2-1-9-39-12-13/h3-4,6-7,11,13,18,33H,1-2,5,8-10,12H2/t13-,18+/m1/s1. The number of anilines is 1. The summed E-state index contributed by atoms with van der Waals surface area (Å²) in [6.07, 6.45) is -4.83. The number of halogens is 6. The molecule has 0 bridgehead atoms. The average molecular weight is 552 g/mol. The third-order valence-corrected chi connectivity index (χ3v) is 7.08. The van der Waals surface area contributed by atoms with Crippen molar-refractivity contribution in [2.75, 3.05) is 24.7 Å². The molecule has 6 rings (SSSR count). The highest BCUT2D eigenvalue weighted by Gasteiger charge is 2.43. The second-order valence-electron chi connectivity index (χ2n) is 9.62. The monoisotopic (exact) mass is 552 g/mol. The van der Waals surface area contributed by atoms with Gasteiger partial charge in [0.25, 0.3) is 0 Å². The second-order valence-corrected chi connectivity index (χ2v) is 9.62. The number of nitrogens with zero attached hydrogens (tertiary/aromatic N) is 7. The summed E-state index contributed by atoms with van der Waals surface area (Å²) in [4.78, 5) is 15.9. The van der Waals surface area contributed by atoms with E-state index in [0.29, 0.717) is 31.7 Å². The number of fused-ring (bicyclic) bond motifs is 3. The van der Waals surface area contributed by atoms with Crippen molar-refractivity contribution in [3.8, 4) is 5.69 Å². The molecule has 3 aromatic heterocycles. The summed E-state index contributed by atoms with van der Waals surface area (Å²) < 4.78 is 86.8. The predicted molar refractivity (Wildman–Crippen MR) is 125 cm³/mol. The molecule has 39 heavy (non-hydrogen) atoms. The minimum absolute atomic E-state index is 0.0541. The Balaban J connectivity index is 1.46. The van der Waals surface area contributed by atoms with E-state index < -0.39 is 36.0 Å². The highest BCUT2D eigenvalue weighted by Crippen LogP contribution is 2.42. The molecule has 2 aliphatic heterocycles. The van der Waals surface area contributed by atoms with Gasteiger partial charge in [-0.2, -0.15) is 51.3 Å². The number of benzene rings is 1. The average Bonchev–Trinajstić information content (AvgIpc) is 3.56. The fourth-order valence-electron chi connectivity index (χ4n) is 5.37. The minimum atomic E-state index is -5.18. The molecule has 1 N–H and O–H groups in total. The van der Waals surface area contributed by atoms with E-state index in [1.54, 1.807) is 12.4 Å². The highest BCUT2D eigenvalue weighted by atomic mass is 19.4. The quantitative estimate of drug-likeness (QED) is 0.360. The van der Waals surface area contributed by atoms with E-state index >= 15 is 0 Å². The molecule has 5 heterocycles. The molecule has 2 atom stereocenters. The molecule has 9 nitrogen and oxygen atoms in total. The Morgan fingerprint density at radius 1 is 0.974 bits per heavy atom. The van der Waals surface area contributed by atoms with Crippen LogP contribution in [0.3, 0.4) is 0 Å². The lowest BCUT2D eigenvalue weighted by atomic mass is 9.88. The maximum Gasteiger partial charge on any atom is 0.451 e. The van der Waals surface area contributed by atoms with Crippen LogP contribution in [0.2, 0.25) is 0 Å². The number of nitrogens with one attached hydrogen (secondary N) is 1. The van der Waals surface area contributed by atoms with E-state index in [0.717, 1.165) is 35.0 Å². The van der Waals surface area contributed by atoms with Crippen molar-refractivity contribution in [3.05, 3.63) is 53.5 Å². The summed E-state index contributed by atoms with van der Waals surface area (Å²) in [6, 6.07) is 4.98. The van der Waals surface area contributed by atoms with Gasteiger partial charge in [-0.25, -0.2) is 4.98 Å². The molecular formula is C24H22F6N8O. The Morgan fingerprint density at radius 3 is 2.33 bits per heavy atom. The number of rotatable bonds is 4. The first-order chi connectivity index (χ1) is 18.6. The van der Waals surface area contributed by atoms with Crippen LogP contribution < -0.4 is 4.90 Å². The molecule has 4 aromatic rings. The molecule has 206 valence electrons. The molecule has 0 aliphatic carbocycles. The Labute approximate surface area is 217 Å². The van der Waals surface area contributed by atoms with Crippen molar-refractivity contribution in [3.63, 3.8) is 0 Å². The molecule has 0 spiro atoms. The summed E-state index contributed by atoms with van der Waals surface area (Å²) in [7, 11) is 0. The summed E-state index contributed by atoms with van der Waals surface area (Å²) in [5.74, 6) is -4.35. The lowest BCUT2D eigenvalue weighted by molar-refractivity contribution is -0.155. The second kappa shape index (κ2) is 9.47. The van der Waals surface area contributed by atoms with Crippen molar-refractivity contribution in [2.24, 2.45) is 5.92 Å². The van der Waals surface area contributed by atoms with E-state index in [9.17, 15) is 26.3 Å². The van der Waals surface area contributed by atoms with Gasteiger partial charge in [-0.3, -0.25) is 0 Å². The molecule has 2 aliphatic rings. The van der Waals surface area contributed by atoms with Crippen LogP contribution in [0.25, 0.3) is 16.6 Å². The van der Waals surface area contributed by atoms with Crippen molar-refractivity contribution in [1.29, 1.82) is 0 Å². The third-order valence-electron chi connectivity index (χ3n) is 7.08. The SMILES string of the molecule is FC(F)(F)c1nc(N2CCc3c([nH]c4ccc(-n5nccn5)cc34)[C@@H]2C[C@H]2CCCOC2)nc(C(F)(F)F)n1. The number of hydrogen-bond donors (Lipinski definition) is 1. The van der Waals surface area contributed by atoms with Gasteiger partial charge in [0.15, 0.2) is 0 Å². The van der Waals surface area contributed by atoms with Gasteiger partial charge < -0.3 is 14.6 Å². The van der Waals surface area contributed by atoms with Crippen LogP contribution in [0, 0.1) is 5.92 Å². The number of ether oxygens (including phenoxy) is 1. The topological polar surface area (TPSA) is 97.6 Å². The maximum atomic E-state index is 13.5. The Morgan fingerprint density at radius 2 is 1.69 bits per heavy atom. The van der Waals surface area contributed by atoms with Gasteiger partial charge in [0.05, 0.1) is 24.1 Å². The number of aromatic nitrogens is 7. The van der Waals surface area contributed by atoms with Gasteiger partial charge in [0.1, 0.15) is 0 Å². The number of aromatic amines is 1. The van der Waals surface area contributed by atoms with Gasteiger partial charge in [-0.05, 0) is 55.4 Å². The van der Waals surface area contributed by atoms with Crippen LogP contribution in [0.1, 0.15) is 48.2 Å². The maximum absolute atomic E-state index is 13.5. The van der Waals surface area contributed by atoms with Gasteiger partial charge in [0.2, 0.25) is 17.6 Å². The van der Waals surface area contributed by atoms with Gasteiger partial charge in [0, 0.05) is 36.4 Å². The Kier molecular flexibility index (Phi) is 6.19. The van der Waals surface area contributed by atoms with Crippen LogP contribution in [-0.2, 0) is 23.5 Å². The van der Waals surface area contributed by atoms with E-state index in [1.807, 2.05) is 18.2 Å². The summed E-state index contributed by atoms with van der Waals surface area (Å²) >= 11 is 0. The Bertz CT molecular complexity index is 1440. The molecule has 0 amide bonds. The molecule has 1 aromatic carbocycles. The molecule has 1 fully saturated rings. The lowest BCUT2D eigenvalue weighted by Crippen LogP contribution is -2.39. The first-order valence-corrected chi connectivity index (χ1v) is 12.3. The number of H-pyrrole nitrogens is 1. The van der Waals surface area contributed by atoms with Crippen molar-refractivity contribution < 1.29 is 31.1 Å². The predicted octanol–water partition coefficient (Wildman–Crippen LogP) is 4.89. The van der Waals surface area contributed by atoms with E-state index in [-0.39, 0.29) is 12.5 Å². The summed E-state index contributed by atoms with van der Waals surface area (Å²) in [6.45, 7) is 1.18. The number of hydrogen-bond acceptors (Lipinski definition) is 7. The van der Waals surface area contributed by atoms with Gasteiger partial charge in [-0.1, -0.05) is 0 Å². The van der Waals surface area contributed by atoms with E-state index in [1.165, 1.54) is 9.70 Å². The minimum Gasteiger partial charge on any atom is -0.381 e. The first-order valence-electron chi connectivity index (χ1n) is 12.3. The lowest BCUT2D eigenvalue weighted by Gasteiger charge is -2.38. The fraction of sp³-hybridized carbons (Fsp3) is 0.458. The smallest absolute Gasteiger partial charge is 0.381 e. The Hall–Kier alpha value is -3.75. The molecule has 1 saturated heterocycles. The van der Waals surface area contributed by atoms with Crippen LogP contribution in [0.5, 0.6) is 0 Å². The zero-order chi connectivity index (χ0) is 27.4. The van der Waals surface area contributed by atoms with Crippen LogP contribution in [0.15, 0.2) is 30.6 Å². The van der Waals surface area contributed by atoms with Crippen molar-refractivity contribution >= 4 is 16.9 Å². The molecule has 0 unspecified atom stereocenters. The van der Waals surface area contributed by atoms with Crippen LogP contribution in [0.4, 0.5) is 32.3 Å². The molecule has 15 heteroatoms. The zero-order valence-corrected chi connectivity index (χ0v) is 20.3. The van der Waals surface area contributed by atoms with Crippen LogP contribution >= 0.6 is 0 Å². The van der Waals surface area contributed by atoms with Crippen LogP contribution in [-0.4, -0.2) is 54.7 Å². The van der Waals surface area contributed by atoms with Crippen molar-refractivity contribution in [2.45, 2.75) is 44.1 Å². The van der Waals surface area contributed by atoms with Gasteiger partial charge in [-0.15, -0.1) is 0 Å². The molecule has 0 saturated carbocycles. The number of alkyl halides is 6. The highest BCUT2D eigenvalue weighted by molar-refractivity contribution is 5.87. The largest absolute Gasteiger partial charge is 0.451 e.